The second-order valence-electron chi connectivity index (χ2n) is 4.17. The third-order valence-corrected chi connectivity index (χ3v) is 2.55. The molecule has 1 fully saturated rings. The molecule has 0 aliphatic carbocycles. The lowest BCUT2D eigenvalue weighted by Gasteiger charge is -2.32. The van der Waals surface area contributed by atoms with Gasteiger partial charge in [-0.1, -0.05) is 13.8 Å². The van der Waals surface area contributed by atoms with Gasteiger partial charge in [-0.3, -0.25) is 9.59 Å². The first-order chi connectivity index (χ1) is 7.52. The summed E-state index contributed by atoms with van der Waals surface area (Å²) in [5, 5.41) is 2.48. The van der Waals surface area contributed by atoms with Crippen LogP contribution in [0.5, 0.6) is 0 Å². The lowest BCUT2D eigenvalue weighted by Crippen LogP contribution is -2.53. The number of nitrogens with one attached hydrogen (secondary N) is 1. The average molecular weight is 226 g/mol. The zero-order valence-electron chi connectivity index (χ0n) is 9.73. The van der Waals surface area contributed by atoms with Gasteiger partial charge in [0.25, 0.3) is 0 Å². The highest BCUT2D eigenvalue weighted by Crippen LogP contribution is 2.08. The van der Waals surface area contributed by atoms with Crippen LogP contribution >= 0.6 is 0 Å². The van der Waals surface area contributed by atoms with Gasteiger partial charge in [-0.15, -0.1) is 0 Å². The highest BCUT2D eigenvalue weighted by Gasteiger charge is 2.28. The summed E-state index contributed by atoms with van der Waals surface area (Å²) < 4.78 is 5.17. The number of amides is 2. The van der Waals surface area contributed by atoms with Crippen molar-refractivity contribution in [2.75, 3.05) is 26.3 Å². The van der Waals surface area contributed by atoms with Crippen LogP contribution in [0.3, 0.4) is 0 Å². The number of carbonyl (C=O) groups is 2. The molecule has 1 N–H and O–H groups in total. The standard InChI is InChI=1S/C11H18N2O3/c1-8(2)10(12-9(3)14)11(15)13-4-6-16-7-5-13/h3,8,10H,4-7H2,1-2H3,(H,12,14). The van der Waals surface area contributed by atoms with E-state index in [1.807, 2.05) is 13.8 Å². The Bertz CT molecular complexity index is 260. The van der Waals surface area contributed by atoms with Gasteiger partial charge in [-0.25, -0.2) is 0 Å². The van der Waals surface area contributed by atoms with Crippen molar-refractivity contribution >= 4 is 11.8 Å². The largest absolute Gasteiger partial charge is 0.378 e. The van der Waals surface area contributed by atoms with E-state index >= 15 is 0 Å². The molecule has 0 spiro atoms. The molecule has 1 unspecified atom stereocenters. The summed E-state index contributed by atoms with van der Waals surface area (Å²) in [5.41, 5.74) is 0. The van der Waals surface area contributed by atoms with E-state index in [2.05, 4.69) is 5.32 Å². The molecule has 1 rings (SSSR count). The third-order valence-electron chi connectivity index (χ3n) is 2.55. The van der Waals surface area contributed by atoms with Crippen molar-refractivity contribution in [3.8, 4) is 0 Å². The average Bonchev–Trinajstić information content (AvgIpc) is 2.25. The quantitative estimate of drug-likeness (QED) is 0.718. The molecule has 1 aliphatic rings. The van der Waals surface area contributed by atoms with Gasteiger partial charge in [-0.05, 0) is 5.92 Å². The highest BCUT2D eigenvalue weighted by atomic mass is 16.5. The zero-order chi connectivity index (χ0) is 12.1. The summed E-state index contributed by atoms with van der Waals surface area (Å²) in [4.78, 5) is 24.6. The molecule has 5 nitrogen and oxygen atoms in total. The molecule has 5 heteroatoms. The first-order valence-electron chi connectivity index (χ1n) is 5.45. The van der Waals surface area contributed by atoms with E-state index in [1.54, 1.807) is 4.90 Å². The van der Waals surface area contributed by atoms with Crippen molar-refractivity contribution in [1.29, 1.82) is 0 Å². The fourth-order valence-electron chi connectivity index (χ4n) is 1.65. The Morgan fingerprint density at radius 1 is 1.31 bits per heavy atom. The van der Waals surface area contributed by atoms with Gasteiger partial charge < -0.3 is 15.0 Å². The molecular formula is C11H18N2O3. The maximum absolute atomic E-state index is 12.1. The van der Waals surface area contributed by atoms with Gasteiger partial charge in [0.2, 0.25) is 11.8 Å². The van der Waals surface area contributed by atoms with E-state index in [0.717, 1.165) is 0 Å². The van der Waals surface area contributed by atoms with Crippen LogP contribution in [0.4, 0.5) is 0 Å². The van der Waals surface area contributed by atoms with Crippen molar-refractivity contribution in [2.45, 2.75) is 19.9 Å². The molecule has 1 atom stereocenters. The van der Waals surface area contributed by atoms with Crippen molar-refractivity contribution in [1.82, 2.24) is 10.2 Å². The number of nitrogens with zero attached hydrogens (tertiary/aromatic N) is 1. The normalized spacial score (nSPS) is 18.4. The molecule has 1 aliphatic heterocycles. The molecule has 2 amide bonds. The van der Waals surface area contributed by atoms with E-state index in [-0.39, 0.29) is 11.8 Å². The minimum atomic E-state index is -0.666. The van der Waals surface area contributed by atoms with Gasteiger partial charge in [0.05, 0.1) is 20.1 Å². The second kappa shape index (κ2) is 5.84. The predicted molar refractivity (Wildman–Crippen MR) is 58.5 cm³/mol. The SMILES string of the molecule is [CH]C(=O)NC(C(=O)N1CCOCC1)C(C)C. The molecule has 16 heavy (non-hydrogen) atoms. The van der Waals surface area contributed by atoms with Crippen LogP contribution < -0.4 is 5.32 Å². The van der Waals surface area contributed by atoms with E-state index in [9.17, 15) is 9.59 Å². The molecule has 0 bridgehead atoms. The van der Waals surface area contributed by atoms with Crippen LogP contribution in [0, 0.1) is 12.8 Å². The summed E-state index contributed by atoms with van der Waals surface area (Å²) >= 11 is 0. The first-order valence-corrected chi connectivity index (χ1v) is 5.45. The molecule has 1 saturated heterocycles. The third kappa shape index (κ3) is 3.48. The Hall–Kier alpha value is -1.10. The maximum atomic E-state index is 12.1. The Morgan fingerprint density at radius 3 is 2.31 bits per heavy atom. The number of morpholine rings is 1. The Labute approximate surface area is 96.1 Å². The van der Waals surface area contributed by atoms with Crippen molar-refractivity contribution in [2.24, 2.45) is 5.92 Å². The fraction of sp³-hybridized carbons (Fsp3) is 0.727. The summed E-state index contributed by atoms with van der Waals surface area (Å²) in [6.07, 6.45) is 0. The Morgan fingerprint density at radius 2 is 1.88 bits per heavy atom. The Balaban J connectivity index is 2.61. The number of hydrogen-bond donors (Lipinski definition) is 1. The van der Waals surface area contributed by atoms with Crippen molar-refractivity contribution in [3.63, 3.8) is 0 Å². The maximum Gasteiger partial charge on any atom is 0.245 e. The topological polar surface area (TPSA) is 58.6 Å². The molecule has 2 radical (unpaired) electrons. The van der Waals surface area contributed by atoms with Gasteiger partial charge in [0, 0.05) is 13.1 Å². The second-order valence-corrected chi connectivity index (χ2v) is 4.17. The Kier molecular flexibility index (Phi) is 4.73. The summed E-state index contributed by atoms with van der Waals surface area (Å²) in [7, 11) is 0. The van der Waals surface area contributed by atoms with E-state index in [1.165, 1.54) is 0 Å². The molecule has 1 heterocycles. The number of ether oxygens (including phenoxy) is 1. The van der Waals surface area contributed by atoms with E-state index < -0.39 is 11.9 Å². The van der Waals surface area contributed by atoms with E-state index in [0.29, 0.717) is 26.3 Å². The van der Waals surface area contributed by atoms with Crippen LogP contribution in [0.1, 0.15) is 13.8 Å². The molecule has 0 aromatic rings. The highest BCUT2D eigenvalue weighted by molar-refractivity contribution is 5.89. The fourth-order valence-corrected chi connectivity index (χ4v) is 1.65. The van der Waals surface area contributed by atoms with Crippen LogP contribution in [-0.4, -0.2) is 49.1 Å². The number of hydrogen-bond acceptors (Lipinski definition) is 3. The van der Waals surface area contributed by atoms with Crippen molar-refractivity contribution < 1.29 is 14.3 Å². The summed E-state index contributed by atoms with van der Waals surface area (Å²) in [6.45, 7) is 11.0. The summed E-state index contributed by atoms with van der Waals surface area (Å²) in [6, 6.07) is -0.546. The lowest BCUT2D eigenvalue weighted by atomic mass is 10.0. The van der Waals surface area contributed by atoms with E-state index in [4.69, 9.17) is 11.7 Å². The van der Waals surface area contributed by atoms with Crippen LogP contribution in [0.25, 0.3) is 0 Å². The van der Waals surface area contributed by atoms with Gasteiger partial charge in [0.1, 0.15) is 6.04 Å². The van der Waals surface area contributed by atoms with Gasteiger partial charge in [0.15, 0.2) is 0 Å². The zero-order valence-corrected chi connectivity index (χ0v) is 9.73. The molecular weight excluding hydrogens is 208 g/mol. The van der Waals surface area contributed by atoms with Crippen LogP contribution in [-0.2, 0) is 14.3 Å². The number of carbonyl (C=O) groups excluding carboxylic acids is 2. The van der Waals surface area contributed by atoms with Crippen LogP contribution in [0.15, 0.2) is 0 Å². The first kappa shape index (κ1) is 13.0. The van der Waals surface area contributed by atoms with Gasteiger partial charge >= 0.3 is 0 Å². The molecule has 0 aromatic carbocycles. The molecule has 0 saturated carbocycles. The summed E-state index contributed by atoms with van der Waals surface area (Å²) in [5.74, 6) is -0.736. The smallest absolute Gasteiger partial charge is 0.245 e. The molecule has 0 aromatic heterocycles. The number of rotatable bonds is 3. The monoisotopic (exact) mass is 226 g/mol. The minimum absolute atomic E-state index is 0.0165. The lowest BCUT2D eigenvalue weighted by molar-refractivity contribution is -0.140. The minimum Gasteiger partial charge on any atom is -0.378 e. The molecule has 90 valence electrons. The predicted octanol–water partition coefficient (Wildman–Crippen LogP) is -0.303. The van der Waals surface area contributed by atoms with Crippen LogP contribution in [0.2, 0.25) is 0 Å². The van der Waals surface area contributed by atoms with Gasteiger partial charge in [-0.2, -0.15) is 0 Å². The van der Waals surface area contributed by atoms with Crippen molar-refractivity contribution in [3.05, 3.63) is 6.92 Å².